The van der Waals surface area contributed by atoms with Gasteiger partial charge in [-0.15, -0.1) is 0 Å². The van der Waals surface area contributed by atoms with Crippen molar-refractivity contribution in [3.05, 3.63) is 47.0 Å². The van der Waals surface area contributed by atoms with Crippen LogP contribution in [0.5, 0.6) is 0 Å². The van der Waals surface area contributed by atoms with E-state index in [-0.39, 0.29) is 11.5 Å². The fourth-order valence-electron chi connectivity index (χ4n) is 2.16. The maximum Gasteiger partial charge on any atom is 0.303 e. The second kappa shape index (κ2) is 5.92. The van der Waals surface area contributed by atoms with Crippen LogP contribution in [0.2, 0.25) is 0 Å². The van der Waals surface area contributed by atoms with Crippen molar-refractivity contribution in [2.45, 2.75) is 39.2 Å². The van der Waals surface area contributed by atoms with E-state index in [0.29, 0.717) is 17.2 Å². The summed E-state index contributed by atoms with van der Waals surface area (Å²) in [5.74, 6) is -0.141. The quantitative estimate of drug-likeness (QED) is 0.806. The molecule has 1 aromatic heterocycles. The predicted molar refractivity (Wildman–Crippen MR) is 80.9 cm³/mol. The van der Waals surface area contributed by atoms with E-state index in [1.807, 2.05) is 6.92 Å². The summed E-state index contributed by atoms with van der Waals surface area (Å²) in [6.45, 7) is 6.32. The molecule has 1 aromatic carbocycles. The number of benzene rings is 1. The highest BCUT2D eigenvalue weighted by molar-refractivity contribution is 7.90. The van der Waals surface area contributed by atoms with Crippen molar-refractivity contribution in [3.63, 3.8) is 0 Å². The van der Waals surface area contributed by atoms with Gasteiger partial charge in [-0.05, 0) is 32.9 Å². The minimum absolute atomic E-state index is 0.132. The van der Waals surface area contributed by atoms with Crippen LogP contribution < -0.4 is 0 Å². The van der Waals surface area contributed by atoms with Crippen molar-refractivity contribution in [3.8, 4) is 0 Å². The molecule has 0 saturated heterocycles. The van der Waals surface area contributed by atoms with E-state index < -0.39 is 16.0 Å². The SMILES string of the molecule is CC(=O)OCc1c(C)nc(C)n1S(=O)(=O)c1ccc(C)cc1. The molecule has 1 heterocycles. The summed E-state index contributed by atoms with van der Waals surface area (Å²) in [5.41, 5.74) is 1.85. The van der Waals surface area contributed by atoms with Crippen LogP contribution in [0, 0.1) is 20.8 Å². The predicted octanol–water partition coefficient (Wildman–Crippen LogP) is 2.11. The monoisotopic (exact) mass is 322 g/mol. The molecule has 118 valence electrons. The normalized spacial score (nSPS) is 11.5. The topological polar surface area (TPSA) is 78.3 Å². The first-order chi connectivity index (χ1) is 10.2. The summed E-state index contributed by atoms with van der Waals surface area (Å²) >= 11 is 0. The van der Waals surface area contributed by atoms with Gasteiger partial charge in [-0.25, -0.2) is 17.4 Å². The van der Waals surface area contributed by atoms with Crippen molar-refractivity contribution in [1.29, 1.82) is 0 Å². The molecule has 0 saturated carbocycles. The van der Waals surface area contributed by atoms with Crippen LogP contribution in [0.1, 0.15) is 29.7 Å². The maximum atomic E-state index is 12.8. The Labute approximate surface area is 129 Å². The lowest BCUT2D eigenvalue weighted by Gasteiger charge is -2.12. The molecule has 0 spiro atoms. The molecule has 2 rings (SSSR count). The largest absolute Gasteiger partial charge is 0.459 e. The highest BCUT2D eigenvalue weighted by atomic mass is 32.2. The Balaban J connectivity index is 2.55. The number of carbonyl (C=O) groups is 1. The number of hydrogen-bond donors (Lipinski definition) is 0. The number of ether oxygens (including phenoxy) is 1. The second-order valence-electron chi connectivity index (χ2n) is 5.05. The molecule has 0 aliphatic rings. The van der Waals surface area contributed by atoms with Crippen molar-refractivity contribution in [2.24, 2.45) is 0 Å². The van der Waals surface area contributed by atoms with Crippen molar-refractivity contribution in [1.82, 2.24) is 8.96 Å². The average Bonchev–Trinajstić information content (AvgIpc) is 2.71. The van der Waals surface area contributed by atoms with Gasteiger partial charge in [0.15, 0.2) is 0 Å². The zero-order chi connectivity index (χ0) is 16.5. The maximum absolute atomic E-state index is 12.8. The molecule has 0 atom stereocenters. The minimum Gasteiger partial charge on any atom is -0.459 e. The summed E-state index contributed by atoms with van der Waals surface area (Å²) < 4.78 is 31.7. The van der Waals surface area contributed by atoms with Gasteiger partial charge < -0.3 is 4.74 Å². The van der Waals surface area contributed by atoms with E-state index in [0.717, 1.165) is 9.54 Å². The van der Waals surface area contributed by atoms with Crippen LogP contribution >= 0.6 is 0 Å². The van der Waals surface area contributed by atoms with Gasteiger partial charge in [0.1, 0.15) is 12.4 Å². The Bertz CT molecular complexity index is 805. The first-order valence-corrected chi connectivity index (χ1v) is 8.18. The zero-order valence-electron chi connectivity index (χ0n) is 13.0. The molecule has 0 aliphatic carbocycles. The zero-order valence-corrected chi connectivity index (χ0v) is 13.8. The smallest absolute Gasteiger partial charge is 0.303 e. The fraction of sp³-hybridized carbons (Fsp3) is 0.333. The molecule has 7 heteroatoms. The molecule has 0 radical (unpaired) electrons. The van der Waals surface area contributed by atoms with Crippen LogP contribution in [0.15, 0.2) is 29.2 Å². The summed E-state index contributed by atoms with van der Waals surface area (Å²) in [7, 11) is -3.78. The molecule has 0 bridgehead atoms. The van der Waals surface area contributed by atoms with Gasteiger partial charge in [-0.2, -0.15) is 0 Å². The Morgan fingerprint density at radius 1 is 1.18 bits per heavy atom. The number of hydrogen-bond acceptors (Lipinski definition) is 5. The van der Waals surface area contributed by atoms with Gasteiger partial charge in [0.25, 0.3) is 10.0 Å². The Morgan fingerprint density at radius 2 is 1.77 bits per heavy atom. The third kappa shape index (κ3) is 3.04. The number of rotatable bonds is 4. The third-order valence-corrected chi connectivity index (χ3v) is 5.09. The Hall–Kier alpha value is -2.15. The van der Waals surface area contributed by atoms with Crippen LogP contribution in [-0.2, 0) is 26.2 Å². The molecule has 22 heavy (non-hydrogen) atoms. The molecule has 0 amide bonds. The highest BCUT2D eigenvalue weighted by Gasteiger charge is 2.25. The summed E-state index contributed by atoms with van der Waals surface area (Å²) in [4.78, 5) is 15.4. The van der Waals surface area contributed by atoms with Gasteiger partial charge >= 0.3 is 5.97 Å². The molecule has 0 N–H and O–H groups in total. The van der Waals surface area contributed by atoms with E-state index >= 15 is 0 Å². The van der Waals surface area contributed by atoms with E-state index in [1.165, 1.54) is 6.92 Å². The van der Waals surface area contributed by atoms with Crippen LogP contribution in [0.3, 0.4) is 0 Å². The molecular formula is C15H18N2O4S. The van der Waals surface area contributed by atoms with Gasteiger partial charge in [-0.1, -0.05) is 17.7 Å². The summed E-state index contributed by atoms with van der Waals surface area (Å²) in [6, 6.07) is 6.57. The van der Waals surface area contributed by atoms with Crippen molar-refractivity contribution < 1.29 is 17.9 Å². The Kier molecular flexibility index (Phi) is 4.37. The van der Waals surface area contributed by atoms with Crippen molar-refractivity contribution >= 4 is 16.0 Å². The lowest BCUT2D eigenvalue weighted by atomic mass is 10.2. The van der Waals surface area contributed by atoms with Gasteiger partial charge in [-0.3, -0.25) is 4.79 Å². The van der Waals surface area contributed by atoms with E-state index in [9.17, 15) is 13.2 Å². The van der Waals surface area contributed by atoms with Crippen molar-refractivity contribution in [2.75, 3.05) is 0 Å². The van der Waals surface area contributed by atoms with E-state index in [2.05, 4.69) is 4.98 Å². The first kappa shape index (κ1) is 16.2. The van der Waals surface area contributed by atoms with Crippen LogP contribution in [0.4, 0.5) is 0 Å². The Morgan fingerprint density at radius 3 is 2.32 bits per heavy atom. The lowest BCUT2D eigenvalue weighted by Crippen LogP contribution is -2.18. The molecule has 0 unspecified atom stereocenters. The fourth-order valence-corrected chi connectivity index (χ4v) is 3.72. The number of aryl methyl sites for hydroxylation is 3. The molecule has 0 aliphatic heterocycles. The molecule has 6 nitrogen and oxygen atoms in total. The molecule has 2 aromatic rings. The number of carbonyl (C=O) groups excluding carboxylic acids is 1. The number of aromatic nitrogens is 2. The molecule has 0 fully saturated rings. The number of esters is 1. The van der Waals surface area contributed by atoms with Crippen LogP contribution in [0.25, 0.3) is 0 Å². The van der Waals surface area contributed by atoms with Gasteiger partial charge in [0.05, 0.1) is 16.3 Å². The average molecular weight is 322 g/mol. The standard InChI is InChI=1S/C15H18N2O4S/c1-10-5-7-14(8-6-10)22(19,20)17-12(3)16-11(2)15(17)9-21-13(4)18/h5-8H,9H2,1-4H3. The van der Waals surface area contributed by atoms with E-state index in [1.54, 1.807) is 38.1 Å². The van der Waals surface area contributed by atoms with Gasteiger partial charge in [0.2, 0.25) is 0 Å². The highest BCUT2D eigenvalue weighted by Crippen LogP contribution is 2.21. The first-order valence-electron chi connectivity index (χ1n) is 6.74. The summed E-state index contributed by atoms with van der Waals surface area (Å²) in [5, 5.41) is 0. The van der Waals surface area contributed by atoms with E-state index in [4.69, 9.17) is 4.74 Å². The van der Waals surface area contributed by atoms with Crippen LogP contribution in [-0.4, -0.2) is 23.3 Å². The minimum atomic E-state index is -3.78. The number of imidazole rings is 1. The second-order valence-corrected chi connectivity index (χ2v) is 6.84. The number of nitrogens with zero attached hydrogens (tertiary/aromatic N) is 2. The third-order valence-electron chi connectivity index (χ3n) is 3.26. The molecular weight excluding hydrogens is 304 g/mol. The lowest BCUT2D eigenvalue weighted by molar-refractivity contribution is -0.142. The van der Waals surface area contributed by atoms with Gasteiger partial charge in [0, 0.05) is 6.92 Å². The summed E-state index contributed by atoms with van der Waals surface area (Å²) in [6.07, 6.45) is 0.